The van der Waals surface area contributed by atoms with Gasteiger partial charge < -0.3 is 30.3 Å². The van der Waals surface area contributed by atoms with E-state index in [2.05, 4.69) is 10.6 Å². The molecule has 0 saturated carbocycles. The van der Waals surface area contributed by atoms with Crippen LogP contribution in [-0.2, 0) is 41.7 Å². The molecule has 2 heterocycles. The number of nitrogens with zero attached hydrogens (tertiary/aromatic N) is 2. The first-order chi connectivity index (χ1) is 21.3. The average molecular weight is 629 g/mol. The number of benzene rings is 1. The Labute approximate surface area is 265 Å². The van der Waals surface area contributed by atoms with Crippen LogP contribution in [0.4, 0.5) is 4.79 Å². The number of fused-ring (bicyclic) bond motifs is 1. The Kier molecular flexibility index (Phi) is 12.9. The second-order valence-electron chi connectivity index (χ2n) is 12.7. The third-order valence-corrected chi connectivity index (χ3v) is 8.70. The van der Waals surface area contributed by atoms with E-state index in [0.717, 1.165) is 5.56 Å². The highest BCUT2D eigenvalue weighted by Crippen LogP contribution is 2.26. The lowest BCUT2D eigenvalue weighted by Gasteiger charge is -2.31. The van der Waals surface area contributed by atoms with Crippen molar-refractivity contribution < 1.29 is 38.6 Å². The van der Waals surface area contributed by atoms with Crippen molar-refractivity contribution in [2.24, 2.45) is 17.8 Å². The number of rotatable bonds is 14. The van der Waals surface area contributed by atoms with Gasteiger partial charge >= 0.3 is 12.1 Å². The first kappa shape index (κ1) is 35.5. The summed E-state index contributed by atoms with van der Waals surface area (Å²) in [5.74, 6) is -3.67. The molecule has 1 aromatic rings. The van der Waals surface area contributed by atoms with E-state index in [1.54, 1.807) is 25.8 Å². The normalized spacial score (nSPS) is 19.1. The van der Waals surface area contributed by atoms with Crippen molar-refractivity contribution in [2.75, 3.05) is 20.1 Å². The molecular weight excluding hydrogens is 580 g/mol. The Balaban J connectivity index is 1.62. The molecule has 0 radical (unpaired) electrons. The van der Waals surface area contributed by atoms with Gasteiger partial charge in [0.05, 0.1) is 6.54 Å². The molecule has 2 aliphatic rings. The van der Waals surface area contributed by atoms with Crippen LogP contribution in [0.3, 0.4) is 0 Å². The van der Waals surface area contributed by atoms with E-state index in [4.69, 9.17) is 4.74 Å². The lowest BCUT2D eigenvalue weighted by atomic mass is 9.88. The maximum atomic E-state index is 13.8. The Hall–Kier alpha value is -3.96. The van der Waals surface area contributed by atoms with Crippen molar-refractivity contribution in [3.63, 3.8) is 0 Å². The van der Waals surface area contributed by atoms with Crippen LogP contribution in [-0.4, -0.2) is 88.8 Å². The highest BCUT2D eigenvalue weighted by Gasteiger charge is 2.45. The Morgan fingerprint density at radius 1 is 0.978 bits per heavy atom. The van der Waals surface area contributed by atoms with Crippen LogP contribution in [0.5, 0.6) is 0 Å². The standard InChI is InChI=1S/C33H48N4O8/c1-20(2)26(16-24(38)12-8-9-13-28(39)34-5)30(40)35-29(21(3)4)31(41)37-19-25(17-27(37)32(42)43)45-33(44)36-15-14-22-10-6-7-11-23(22)18-36/h6-7,10-11,20-21,25-27,29H,8-9,12-19H2,1-5H3,(H,34,39)(H,35,40)(H,42,43)/t25?,26-,27-,29?/m0/s1. The maximum absolute atomic E-state index is 13.8. The minimum atomic E-state index is -1.22. The third kappa shape index (κ3) is 9.76. The molecule has 0 bridgehead atoms. The quantitative estimate of drug-likeness (QED) is 0.265. The number of unbranched alkanes of at least 4 members (excludes halogenated alkanes) is 1. The van der Waals surface area contributed by atoms with Crippen molar-refractivity contribution in [1.29, 1.82) is 0 Å². The number of hydrogen-bond donors (Lipinski definition) is 3. The van der Waals surface area contributed by atoms with Crippen LogP contribution in [0.1, 0.15) is 77.3 Å². The Bertz CT molecular complexity index is 1250. The molecule has 0 aliphatic carbocycles. The van der Waals surface area contributed by atoms with Gasteiger partial charge in [0.1, 0.15) is 24.0 Å². The number of ketones is 1. The zero-order chi connectivity index (χ0) is 33.3. The van der Waals surface area contributed by atoms with Crippen molar-refractivity contribution in [2.45, 2.75) is 97.4 Å². The second-order valence-corrected chi connectivity index (χ2v) is 12.7. The van der Waals surface area contributed by atoms with Crippen molar-refractivity contribution in [1.82, 2.24) is 20.4 Å². The van der Waals surface area contributed by atoms with Crippen LogP contribution in [0.25, 0.3) is 0 Å². The van der Waals surface area contributed by atoms with Gasteiger partial charge in [-0.3, -0.25) is 19.2 Å². The van der Waals surface area contributed by atoms with E-state index in [9.17, 15) is 33.9 Å². The van der Waals surface area contributed by atoms with Crippen molar-refractivity contribution in [3.05, 3.63) is 35.4 Å². The number of carboxylic acid groups (broad SMARTS) is 1. The first-order valence-electron chi connectivity index (χ1n) is 15.9. The predicted octanol–water partition coefficient (Wildman–Crippen LogP) is 2.91. The minimum absolute atomic E-state index is 0.00292. The van der Waals surface area contributed by atoms with E-state index in [1.807, 2.05) is 38.1 Å². The predicted molar refractivity (Wildman–Crippen MR) is 166 cm³/mol. The number of carbonyl (C=O) groups is 6. The van der Waals surface area contributed by atoms with Crippen LogP contribution in [0, 0.1) is 17.8 Å². The third-order valence-electron chi connectivity index (χ3n) is 8.70. The maximum Gasteiger partial charge on any atom is 0.410 e. The molecule has 4 amide bonds. The smallest absolute Gasteiger partial charge is 0.410 e. The summed E-state index contributed by atoms with van der Waals surface area (Å²) < 4.78 is 5.70. The van der Waals surface area contributed by atoms with Gasteiger partial charge in [-0.1, -0.05) is 52.0 Å². The number of Topliss-reactive ketones (excluding diaryl/α,β-unsaturated/α-hetero) is 1. The zero-order valence-electron chi connectivity index (χ0n) is 27.0. The van der Waals surface area contributed by atoms with Gasteiger partial charge in [-0.05, 0) is 42.2 Å². The topological polar surface area (TPSA) is 162 Å². The Morgan fingerprint density at radius 3 is 2.27 bits per heavy atom. The summed E-state index contributed by atoms with van der Waals surface area (Å²) in [7, 11) is 1.56. The molecule has 3 rings (SSSR count). The molecule has 1 aromatic carbocycles. The van der Waals surface area contributed by atoms with E-state index >= 15 is 0 Å². The number of ether oxygens (including phenoxy) is 1. The fourth-order valence-corrected chi connectivity index (χ4v) is 5.89. The molecule has 2 aliphatic heterocycles. The molecule has 1 saturated heterocycles. The van der Waals surface area contributed by atoms with Crippen LogP contribution in [0.2, 0.25) is 0 Å². The highest BCUT2D eigenvalue weighted by atomic mass is 16.6. The molecule has 12 heteroatoms. The summed E-state index contributed by atoms with van der Waals surface area (Å²) in [6, 6.07) is 5.61. The number of carbonyl (C=O) groups excluding carboxylic acids is 5. The highest BCUT2D eigenvalue weighted by molar-refractivity contribution is 5.93. The zero-order valence-corrected chi connectivity index (χ0v) is 27.0. The fraction of sp³-hybridized carbons (Fsp3) is 0.636. The van der Waals surface area contributed by atoms with Gasteiger partial charge in [-0.25, -0.2) is 9.59 Å². The van der Waals surface area contributed by atoms with Crippen LogP contribution in [0.15, 0.2) is 24.3 Å². The van der Waals surface area contributed by atoms with E-state index < -0.39 is 48.0 Å². The summed E-state index contributed by atoms with van der Waals surface area (Å²) in [5.41, 5.74) is 2.21. The molecule has 0 aromatic heterocycles. The second kappa shape index (κ2) is 16.4. The number of nitrogens with one attached hydrogen (secondary N) is 2. The molecule has 2 unspecified atom stereocenters. The molecule has 0 spiro atoms. The van der Waals surface area contributed by atoms with Gasteiger partial charge in [-0.2, -0.15) is 0 Å². The van der Waals surface area contributed by atoms with E-state index in [1.165, 1.54) is 10.5 Å². The summed E-state index contributed by atoms with van der Waals surface area (Å²) in [6.07, 6.45) is 0.948. The average Bonchev–Trinajstić information content (AvgIpc) is 3.43. The summed E-state index contributed by atoms with van der Waals surface area (Å²) in [5, 5.41) is 15.3. The molecule has 1 fully saturated rings. The van der Waals surface area contributed by atoms with E-state index in [-0.39, 0.29) is 49.3 Å². The monoisotopic (exact) mass is 628 g/mol. The molecule has 3 N–H and O–H groups in total. The van der Waals surface area contributed by atoms with E-state index in [0.29, 0.717) is 38.8 Å². The van der Waals surface area contributed by atoms with Gasteiger partial charge in [0, 0.05) is 51.7 Å². The molecule has 45 heavy (non-hydrogen) atoms. The lowest BCUT2D eigenvalue weighted by Crippen LogP contribution is -2.55. The van der Waals surface area contributed by atoms with Gasteiger partial charge in [-0.15, -0.1) is 0 Å². The minimum Gasteiger partial charge on any atom is -0.480 e. The number of hydrogen-bond acceptors (Lipinski definition) is 7. The molecule has 4 atom stereocenters. The number of aliphatic carboxylic acids is 1. The van der Waals surface area contributed by atoms with Crippen LogP contribution >= 0.6 is 0 Å². The molecular formula is C33H48N4O8. The molecule has 12 nitrogen and oxygen atoms in total. The largest absolute Gasteiger partial charge is 0.480 e. The van der Waals surface area contributed by atoms with Gasteiger partial charge in [0.15, 0.2) is 0 Å². The molecule has 248 valence electrons. The number of amides is 4. The fourth-order valence-electron chi connectivity index (χ4n) is 5.89. The summed E-state index contributed by atoms with van der Waals surface area (Å²) in [6.45, 7) is 7.93. The summed E-state index contributed by atoms with van der Waals surface area (Å²) in [4.78, 5) is 79.3. The van der Waals surface area contributed by atoms with Crippen LogP contribution < -0.4 is 10.6 Å². The Morgan fingerprint density at radius 2 is 1.64 bits per heavy atom. The first-order valence-corrected chi connectivity index (χ1v) is 15.9. The number of likely N-dealkylation sites (tertiary alicyclic amines) is 1. The van der Waals surface area contributed by atoms with Gasteiger partial charge in [0.2, 0.25) is 17.7 Å². The summed E-state index contributed by atoms with van der Waals surface area (Å²) >= 11 is 0. The SMILES string of the molecule is CNC(=O)CCCCC(=O)C[C@H](C(=O)NC(C(=O)N1CC(OC(=O)N2CCc3ccccc3C2)C[C@H]1C(=O)O)C(C)C)C(C)C. The number of carboxylic acids is 1. The van der Waals surface area contributed by atoms with Crippen molar-refractivity contribution >= 4 is 35.6 Å². The van der Waals surface area contributed by atoms with Gasteiger partial charge in [0.25, 0.3) is 0 Å². The lowest BCUT2D eigenvalue weighted by molar-refractivity contribution is -0.150. The van der Waals surface area contributed by atoms with Crippen molar-refractivity contribution in [3.8, 4) is 0 Å².